The number of nitrogens with two attached hydrogens (primary N) is 1. The van der Waals surface area contributed by atoms with E-state index < -0.39 is 40.8 Å². The second-order valence-electron chi connectivity index (χ2n) is 9.05. The number of nitrogens with zero attached hydrogens (tertiary/aromatic N) is 1. The van der Waals surface area contributed by atoms with Crippen molar-refractivity contribution < 1.29 is 23.0 Å². The predicted octanol–water partition coefficient (Wildman–Crippen LogP) is 5.03. The van der Waals surface area contributed by atoms with E-state index in [1.165, 1.54) is 16.8 Å². The Bertz CT molecular complexity index is 1250. The average molecular weight is 549 g/mol. The molecule has 0 amide bonds. The van der Waals surface area contributed by atoms with Crippen LogP contribution in [0.2, 0.25) is 0 Å². The minimum Gasteiger partial charge on any atom is -0.468 e. The molecule has 2 unspecified atom stereocenters. The van der Waals surface area contributed by atoms with Gasteiger partial charge in [-0.05, 0) is 61.3 Å². The maximum atomic E-state index is 14.2. The number of carbonyl (C=O) groups is 1. The molecular formula is C26H27BrF2N2O4. The molecule has 2 atom stereocenters. The van der Waals surface area contributed by atoms with Crippen molar-refractivity contribution in [3.05, 3.63) is 97.9 Å². The van der Waals surface area contributed by atoms with Crippen molar-refractivity contribution in [2.75, 3.05) is 0 Å². The Morgan fingerprint density at radius 1 is 1.09 bits per heavy atom. The van der Waals surface area contributed by atoms with Gasteiger partial charge in [-0.3, -0.25) is 15.3 Å². The number of rotatable bonds is 7. The molecule has 0 aliphatic carbocycles. The molecule has 0 spiro atoms. The molecule has 1 heterocycles. The van der Waals surface area contributed by atoms with Gasteiger partial charge >= 0.3 is 5.97 Å². The molecule has 0 bridgehead atoms. The lowest BCUT2D eigenvalue weighted by Gasteiger charge is -2.28. The largest absolute Gasteiger partial charge is 0.468 e. The number of hydrogen-bond donors (Lipinski definition) is 1. The Kier molecular flexibility index (Phi) is 8.12. The Morgan fingerprint density at radius 3 is 2.26 bits per heavy atom. The van der Waals surface area contributed by atoms with Crippen molar-refractivity contribution in [2.45, 2.75) is 52.0 Å². The number of ether oxygens (including phenoxy) is 2. The Labute approximate surface area is 210 Å². The summed E-state index contributed by atoms with van der Waals surface area (Å²) in [5.41, 5.74) is 5.71. The quantitative estimate of drug-likeness (QED) is 0.330. The standard InChI is InChI=1S/C26H27BrF2N2O4/c1-15-23(22(32)18(27)14-31(15)13-17-19(28)11-8-12-20(17)29)34-24(30)21(16-9-6-5-7-10-16)25(33)35-26(2,3)4/h5-12,14,21,24H,13,30H2,1-4H3. The highest BCUT2D eigenvalue weighted by atomic mass is 79.9. The maximum absolute atomic E-state index is 14.2. The third-order valence-corrected chi connectivity index (χ3v) is 5.81. The lowest BCUT2D eigenvalue weighted by molar-refractivity contribution is -0.159. The second kappa shape index (κ2) is 10.7. The Morgan fingerprint density at radius 2 is 1.69 bits per heavy atom. The first kappa shape index (κ1) is 26.6. The van der Waals surface area contributed by atoms with Crippen molar-refractivity contribution >= 4 is 21.9 Å². The Balaban J connectivity index is 2.01. The van der Waals surface area contributed by atoms with Gasteiger partial charge in [0.1, 0.15) is 23.2 Å². The van der Waals surface area contributed by atoms with Gasteiger partial charge in [0.2, 0.25) is 5.43 Å². The number of hydrogen-bond acceptors (Lipinski definition) is 5. The van der Waals surface area contributed by atoms with Gasteiger partial charge in [0.15, 0.2) is 12.0 Å². The number of aromatic nitrogens is 1. The highest BCUT2D eigenvalue weighted by Crippen LogP contribution is 2.27. The van der Waals surface area contributed by atoms with Gasteiger partial charge in [0.25, 0.3) is 0 Å². The van der Waals surface area contributed by atoms with Crippen LogP contribution in [0.25, 0.3) is 0 Å². The third kappa shape index (κ3) is 6.35. The molecule has 0 saturated heterocycles. The first-order chi connectivity index (χ1) is 16.4. The van der Waals surface area contributed by atoms with Crippen molar-refractivity contribution in [2.24, 2.45) is 5.73 Å². The molecule has 0 radical (unpaired) electrons. The topological polar surface area (TPSA) is 83.6 Å². The smallest absolute Gasteiger partial charge is 0.319 e. The zero-order valence-electron chi connectivity index (χ0n) is 19.8. The van der Waals surface area contributed by atoms with E-state index in [1.807, 2.05) is 0 Å². The highest BCUT2D eigenvalue weighted by Gasteiger charge is 2.34. The molecule has 0 saturated carbocycles. The summed E-state index contributed by atoms with van der Waals surface area (Å²) in [6.45, 7) is 6.58. The fourth-order valence-corrected chi connectivity index (χ4v) is 3.97. The highest BCUT2D eigenvalue weighted by molar-refractivity contribution is 9.10. The lowest BCUT2D eigenvalue weighted by atomic mass is 9.97. The summed E-state index contributed by atoms with van der Waals surface area (Å²) in [6.07, 6.45) is 0.136. The number of pyridine rings is 1. The van der Waals surface area contributed by atoms with Crippen LogP contribution in [0.4, 0.5) is 8.78 Å². The van der Waals surface area contributed by atoms with Crippen LogP contribution in [0.3, 0.4) is 0 Å². The van der Waals surface area contributed by atoms with Gasteiger partial charge < -0.3 is 14.0 Å². The fraction of sp³-hybridized carbons (Fsp3) is 0.308. The van der Waals surface area contributed by atoms with Crippen LogP contribution in [-0.2, 0) is 16.1 Å². The second-order valence-corrected chi connectivity index (χ2v) is 9.91. The van der Waals surface area contributed by atoms with E-state index in [-0.39, 0.29) is 28.0 Å². The van der Waals surface area contributed by atoms with E-state index in [0.29, 0.717) is 5.56 Å². The molecule has 35 heavy (non-hydrogen) atoms. The van der Waals surface area contributed by atoms with Crippen LogP contribution < -0.4 is 15.9 Å². The van der Waals surface area contributed by atoms with Crippen LogP contribution in [-0.4, -0.2) is 22.4 Å². The monoisotopic (exact) mass is 548 g/mol. The molecular weight excluding hydrogens is 522 g/mol. The number of benzene rings is 2. The zero-order valence-corrected chi connectivity index (χ0v) is 21.4. The third-order valence-electron chi connectivity index (χ3n) is 5.24. The minimum absolute atomic E-state index is 0.107. The van der Waals surface area contributed by atoms with Crippen molar-refractivity contribution in [1.82, 2.24) is 4.57 Å². The van der Waals surface area contributed by atoms with Crippen LogP contribution in [0.5, 0.6) is 5.75 Å². The van der Waals surface area contributed by atoms with Crippen LogP contribution in [0.15, 0.2) is 64.0 Å². The first-order valence-corrected chi connectivity index (χ1v) is 11.7. The number of esters is 1. The van der Waals surface area contributed by atoms with Gasteiger partial charge in [-0.1, -0.05) is 36.4 Å². The van der Waals surface area contributed by atoms with E-state index in [9.17, 15) is 18.4 Å². The molecule has 2 N–H and O–H groups in total. The van der Waals surface area contributed by atoms with Gasteiger partial charge in [0, 0.05) is 11.8 Å². The molecule has 0 fully saturated rings. The SMILES string of the molecule is Cc1c(OC(N)C(C(=O)OC(C)(C)C)c2ccccc2)c(=O)c(Br)cn1Cc1c(F)cccc1F. The number of halogens is 3. The molecule has 3 aromatic rings. The lowest BCUT2D eigenvalue weighted by Crippen LogP contribution is -2.42. The van der Waals surface area contributed by atoms with Crippen molar-refractivity contribution in [3.63, 3.8) is 0 Å². The normalized spacial score (nSPS) is 13.3. The molecule has 3 rings (SSSR count). The molecule has 186 valence electrons. The van der Waals surface area contributed by atoms with E-state index in [2.05, 4.69) is 15.9 Å². The molecule has 0 aliphatic rings. The van der Waals surface area contributed by atoms with Crippen LogP contribution >= 0.6 is 15.9 Å². The summed E-state index contributed by atoms with van der Waals surface area (Å²) in [7, 11) is 0. The van der Waals surface area contributed by atoms with Crippen LogP contribution in [0, 0.1) is 18.6 Å². The van der Waals surface area contributed by atoms with E-state index in [0.717, 1.165) is 12.1 Å². The zero-order chi connectivity index (χ0) is 25.9. The van der Waals surface area contributed by atoms with Gasteiger partial charge in [-0.15, -0.1) is 0 Å². The summed E-state index contributed by atoms with van der Waals surface area (Å²) < 4.78 is 41.5. The molecule has 1 aromatic heterocycles. The van der Waals surface area contributed by atoms with E-state index in [4.69, 9.17) is 15.2 Å². The van der Waals surface area contributed by atoms with E-state index in [1.54, 1.807) is 58.0 Å². The van der Waals surface area contributed by atoms with Crippen molar-refractivity contribution in [3.8, 4) is 5.75 Å². The predicted molar refractivity (Wildman–Crippen MR) is 132 cm³/mol. The fourth-order valence-electron chi connectivity index (χ4n) is 3.54. The summed E-state index contributed by atoms with van der Waals surface area (Å²) in [5.74, 6) is -3.23. The van der Waals surface area contributed by atoms with Crippen LogP contribution in [0.1, 0.15) is 43.5 Å². The molecule has 0 aliphatic heterocycles. The summed E-state index contributed by atoms with van der Waals surface area (Å²) in [4.78, 5) is 26.0. The number of carbonyl (C=O) groups excluding carboxylic acids is 1. The summed E-state index contributed by atoms with van der Waals surface area (Å²) in [5, 5.41) is 0. The molecule has 9 heteroatoms. The average Bonchev–Trinajstić information content (AvgIpc) is 2.77. The maximum Gasteiger partial charge on any atom is 0.319 e. The van der Waals surface area contributed by atoms with E-state index >= 15 is 0 Å². The minimum atomic E-state index is -1.29. The molecule has 2 aromatic carbocycles. The summed E-state index contributed by atoms with van der Waals surface area (Å²) >= 11 is 3.19. The van der Waals surface area contributed by atoms with Gasteiger partial charge in [0.05, 0.1) is 16.7 Å². The molecule has 6 nitrogen and oxygen atoms in total. The Hall–Kier alpha value is -3.04. The first-order valence-electron chi connectivity index (χ1n) is 10.9. The summed E-state index contributed by atoms with van der Waals surface area (Å²) in [6, 6.07) is 12.3. The van der Waals surface area contributed by atoms with Gasteiger partial charge in [-0.25, -0.2) is 8.78 Å². The van der Waals surface area contributed by atoms with Gasteiger partial charge in [-0.2, -0.15) is 0 Å². The van der Waals surface area contributed by atoms with Crippen molar-refractivity contribution in [1.29, 1.82) is 0 Å².